The number of hydrogen-bond donors (Lipinski definition) is 1. The maximum Gasteiger partial charge on any atom is 0.0178 e. The number of rotatable bonds is 4. The lowest BCUT2D eigenvalue weighted by Crippen LogP contribution is -1.98. The number of thioether (sulfide) groups is 1. The standard InChI is InChI=1S/C13H19NS/c14-9-12-6-3-7-13(8-12)15-10-11-4-1-2-5-11/h3,6-8,11H,1-2,4-5,9-10,14H2. The first kappa shape index (κ1) is 11.0. The third-order valence-electron chi connectivity index (χ3n) is 3.09. The van der Waals surface area contributed by atoms with Gasteiger partial charge in [0.2, 0.25) is 0 Å². The molecule has 0 atom stereocenters. The van der Waals surface area contributed by atoms with Crippen molar-refractivity contribution in [1.82, 2.24) is 0 Å². The molecule has 1 nitrogen and oxygen atoms in total. The van der Waals surface area contributed by atoms with E-state index in [4.69, 9.17) is 5.73 Å². The highest BCUT2D eigenvalue weighted by molar-refractivity contribution is 7.99. The van der Waals surface area contributed by atoms with Crippen molar-refractivity contribution in [2.45, 2.75) is 37.1 Å². The lowest BCUT2D eigenvalue weighted by Gasteiger charge is -2.08. The zero-order chi connectivity index (χ0) is 10.5. The van der Waals surface area contributed by atoms with Crippen LogP contribution in [0.15, 0.2) is 29.2 Å². The molecule has 1 aromatic rings. The van der Waals surface area contributed by atoms with E-state index in [9.17, 15) is 0 Å². The van der Waals surface area contributed by atoms with Crippen LogP contribution >= 0.6 is 11.8 Å². The van der Waals surface area contributed by atoms with Crippen molar-refractivity contribution in [3.63, 3.8) is 0 Å². The summed E-state index contributed by atoms with van der Waals surface area (Å²) in [5.41, 5.74) is 6.87. The van der Waals surface area contributed by atoms with Gasteiger partial charge in [-0.05, 0) is 36.5 Å². The Kier molecular flexibility index (Phi) is 4.09. The zero-order valence-corrected chi connectivity index (χ0v) is 9.93. The second-order valence-corrected chi connectivity index (χ2v) is 5.41. The van der Waals surface area contributed by atoms with Crippen LogP contribution in [0.1, 0.15) is 31.2 Å². The van der Waals surface area contributed by atoms with E-state index in [1.165, 1.54) is 41.9 Å². The van der Waals surface area contributed by atoms with Crippen molar-refractivity contribution in [3.8, 4) is 0 Å². The molecule has 0 bridgehead atoms. The largest absolute Gasteiger partial charge is 0.326 e. The fraction of sp³-hybridized carbons (Fsp3) is 0.538. The minimum Gasteiger partial charge on any atom is -0.326 e. The van der Waals surface area contributed by atoms with E-state index in [1.54, 1.807) is 0 Å². The Hall–Kier alpha value is -0.470. The quantitative estimate of drug-likeness (QED) is 0.788. The van der Waals surface area contributed by atoms with E-state index < -0.39 is 0 Å². The second kappa shape index (κ2) is 5.57. The Morgan fingerprint density at radius 3 is 2.80 bits per heavy atom. The molecular formula is C13H19NS. The molecule has 82 valence electrons. The lowest BCUT2D eigenvalue weighted by atomic mass is 10.1. The van der Waals surface area contributed by atoms with Crippen LogP contribution in [0.5, 0.6) is 0 Å². The molecule has 15 heavy (non-hydrogen) atoms. The van der Waals surface area contributed by atoms with Crippen molar-refractivity contribution in [2.75, 3.05) is 5.75 Å². The predicted octanol–water partition coefficient (Wildman–Crippen LogP) is 3.43. The summed E-state index contributed by atoms with van der Waals surface area (Å²) in [5.74, 6) is 2.24. The Bertz CT molecular complexity index is 305. The van der Waals surface area contributed by atoms with Crippen LogP contribution in [0, 0.1) is 5.92 Å². The highest BCUT2D eigenvalue weighted by Crippen LogP contribution is 2.31. The molecule has 2 rings (SSSR count). The van der Waals surface area contributed by atoms with Crippen molar-refractivity contribution in [2.24, 2.45) is 11.7 Å². The molecule has 0 aliphatic heterocycles. The van der Waals surface area contributed by atoms with Gasteiger partial charge in [0, 0.05) is 17.2 Å². The Morgan fingerprint density at radius 1 is 1.27 bits per heavy atom. The van der Waals surface area contributed by atoms with Gasteiger partial charge < -0.3 is 5.73 Å². The van der Waals surface area contributed by atoms with Gasteiger partial charge in [-0.15, -0.1) is 11.8 Å². The summed E-state index contributed by atoms with van der Waals surface area (Å²) >= 11 is 1.99. The normalized spacial score (nSPS) is 17.1. The molecule has 1 aromatic carbocycles. The first-order valence-electron chi connectivity index (χ1n) is 5.80. The molecule has 2 N–H and O–H groups in total. The molecule has 0 spiro atoms. The topological polar surface area (TPSA) is 26.0 Å². The van der Waals surface area contributed by atoms with Crippen LogP contribution in [0.4, 0.5) is 0 Å². The fourth-order valence-electron chi connectivity index (χ4n) is 2.15. The van der Waals surface area contributed by atoms with Gasteiger partial charge in [0.05, 0.1) is 0 Å². The first-order chi connectivity index (χ1) is 7.38. The first-order valence-corrected chi connectivity index (χ1v) is 6.79. The monoisotopic (exact) mass is 221 g/mol. The zero-order valence-electron chi connectivity index (χ0n) is 9.11. The van der Waals surface area contributed by atoms with Gasteiger partial charge in [-0.3, -0.25) is 0 Å². The van der Waals surface area contributed by atoms with Gasteiger partial charge in [0.1, 0.15) is 0 Å². The third-order valence-corrected chi connectivity index (χ3v) is 4.32. The molecule has 0 amide bonds. The minimum atomic E-state index is 0.651. The molecule has 1 aliphatic carbocycles. The van der Waals surface area contributed by atoms with Crippen molar-refractivity contribution in [1.29, 1.82) is 0 Å². The number of nitrogens with two attached hydrogens (primary N) is 1. The van der Waals surface area contributed by atoms with E-state index in [0.29, 0.717) is 6.54 Å². The lowest BCUT2D eigenvalue weighted by molar-refractivity contribution is 0.623. The van der Waals surface area contributed by atoms with Crippen LogP contribution in [-0.2, 0) is 6.54 Å². The molecule has 1 saturated carbocycles. The van der Waals surface area contributed by atoms with E-state index >= 15 is 0 Å². The fourth-order valence-corrected chi connectivity index (χ4v) is 3.32. The third kappa shape index (κ3) is 3.25. The molecule has 0 radical (unpaired) electrons. The Labute approximate surface area is 96.4 Å². The molecule has 0 unspecified atom stereocenters. The molecule has 2 heteroatoms. The summed E-state index contributed by atoms with van der Waals surface area (Å²) in [4.78, 5) is 1.38. The van der Waals surface area contributed by atoms with Gasteiger partial charge in [-0.1, -0.05) is 25.0 Å². The Morgan fingerprint density at radius 2 is 2.07 bits per heavy atom. The number of benzene rings is 1. The molecular weight excluding hydrogens is 202 g/mol. The average molecular weight is 221 g/mol. The van der Waals surface area contributed by atoms with Crippen LogP contribution in [0.25, 0.3) is 0 Å². The van der Waals surface area contributed by atoms with Crippen molar-refractivity contribution < 1.29 is 0 Å². The van der Waals surface area contributed by atoms with Gasteiger partial charge in [0.25, 0.3) is 0 Å². The maximum absolute atomic E-state index is 5.63. The van der Waals surface area contributed by atoms with E-state index in [0.717, 1.165) is 5.92 Å². The SMILES string of the molecule is NCc1cccc(SCC2CCCC2)c1. The van der Waals surface area contributed by atoms with Gasteiger partial charge >= 0.3 is 0 Å². The number of hydrogen-bond acceptors (Lipinski definition) is 2. The molecule has 0 aromatic heterocycles. The summed E-state index contributed by atoms with van der Waals surface area (Å²) in [6.07, 6.45) is 5.75. The van der Waals surface area contributed by atoms with Gasteiger partial charge in [0.15, 0.2) is 0 Å². The molecule has 1 aliphatic rings. The van der Waals surface area contributed by atoms with E-state index in [-0.39, 0.29) is 0 Å². The highest BCUT2D eigenvalue weighted by atomic mass is 32.2. The summed E-state index contributed by atoms with van der Waals surface area (Å²) in [5, 5.41) is 0. The average Bonchev–Trinajstić information content (AvgIpc) is 2.79. The van der Waals surface area contributed by atoms with Gasteiger partial charge in [-0.2, -0.15) is 0 Å². The van der Waals surface area contributed by atoms with Crippen LogP contribution in [0.3, 0.4) is 0 Å². The summed E-state index contributed by atoms with van der Waals surface area (Å²) < 4.78 is 0. The summed E-state index contributed by atoms with van der Waals surface area (Å²) in [6.45, 7) is 0.651. The van der Waals surface area contributed by atoms with Gasteiger partial charge in [-0.25, -0.2) is 0 Å². The molecule has 0 saturated heterocycles. The second-order valence-electron chi connectivity index (χ2n) is 4.31. The predicted molar refractivity (Wildman–Crippen MR) is 67.0 cm³/mol. The van der Waals surface area contributed by atoms with Crippen molar-refractivity contribution >= 4 is 11.8 Å². The molecule has 0 heterocycles. The molecule has 1 fully saturated rings. The van der Waals surface area contributed by atoms with E-state index in [1.807, 2.05) is 11.8 Å². The van der Waals surface area contributed by atoms with Crippen LogP contribution in [-0.4, -0.2) is 5.75 Å². The maximum atomic E-state index is 5.63. The minimum absolute atomic E-state index is 0.651. The Balaban J connectivity index is 1.86. The van der Waals surface area contributed by atoms with Crippen molar-refractivity contribution in [3.05, 3.63) is 29.8 Å². The van der Waals surface area contributed by atoms with Crippen LogP contribution in [0.2, 0.25) is 0 Å². The van der Waals surface area contributed by atoms with Crippen LogP contribution < -0.4 is 5.73 Å². The van der Waals surface area contributed by atoms with E-state index in [2.05, 4.69) is 24.3 Å². The summed E-state index contributed by atoms with van der Waals surface area (Å²) in [6, 6.07) is 8.62. The smallest absolute Gasteiger partial charge is 0.0178 e. The summed E-state index contributed by atoms with van der Waals surface area (Å²) in [7, 11) is 0. The highest BCUT2D eigenvalue weighted by Gasteiger charge is 2.14.